The maximum absolute atomic E-state index is 2.51. The van der Waals surface area contributed by atoms with Crippen LogP contribution >= 0.6 is 11.3 Å². The lowest BCUT2D eigenvalue weighted by molar-refractivity contribution is 0.643. The van der Waals surface area contributed by atoms with Crippen LogP contribution in [0.5, 0.6) is 0 Å². The van der Waals surface area contributed by atoms with Crippen LogP contribution in [0.3, 0.4) is 0 Å². The summed E-state index contributed by atoms with van der Waals surface area (Å²) in [4.78, 5) is 2.43. The van der Waals surface area contributed by atoms with E-state index in [-0.39, 0.29) is 6.04 Å². The first-order valence-corrected chi connectivity index (χ1v) is 14.3. The second kappa shape index (κ2) is 9.00. The van der Waals surface area contributed by atoms with Gasteiger partial charge in [0.1, 0.15) is 0 Å². The van der Waals surface area contributed by atoms with Crippen LogP contribution in [-0.4, -0.2) is 4.57 Å². The zero-order valence-corrected chi connectivity index (χ0v) is 22.2. The van der Waals surface area contributed by atoms with E-state index in [0.29, 0.717) is 0 Å². The summed E-state index contributed by atoms with van der Waals surface area (Å²) in [5.41, 5.74) is 6.20. The molecular formula is C36H26N2S. The molecule has 0 saturated carbocycles. The van der Waals surface area contributed by atoms with E-state index in [1.54, 1.807) is 0 Å². The third kappa shape index (κ3) is 3.54. The Morgan fingerprint density at radius 3 is 1.97 bits per heavy atom. The maximum Gasteiger partial charge on any atom is 0.0640 e. The molecule has 0 fully saturated rings. The fraction of sp³-hybridized carbons (Fsp3) is 0.0556. The van der Waals surface area contributed by atoms with E-state index >= 15 is 0 Å². The molecule has 2 aromatic heterocycles. The molecular weight excluding hydrogens is 492 g/mol. The minimum atomic E-state index is 0.260. The van der Waals surface area contributed by atoms with Crippen LogP contribution in [0, 0.1) is 0 Å². The Bertz CT molecular complexity index is 2010. The van der Waals surface area contributed by atoms with Crippen molar-refractivity contribution in [3.63, 3.8) is 0 Å². The summed E-state index contributed by atoms with van der Waals surface area (Å²) in [5.74, 6) is 0. The molecule has 1 aliphatic rings. The molecule has 0 spiro atoms. The number of rotatable bonds is 4. The predicted molar refractivity (Wildman–Crippen MR) is 168 cm³/mol. The Labute approximate surface area is 231 Å². The summed E-state index contributed by atoms with van der Waals surface area (Å²) >= 11 is 1.88. The third-order valence-corrected chi connectivity index (χ3v) is 9.11. The Hall–Kier alpha value is -4.60. The zero-order valence-electron chi connectivity index (χ0n) is 21.4. The van der Waals surface area contributed by atoms with Gasteiger partial charge in [0.15, 0.2) is 0 Å². The van der Waals surface area contributed by atoms with Crippen molar-refractivity contribution in [1.29, 1.82) is 0 Å². The summed E-state index contributed by atoms with van der Waals surface area (Å²) in [6.45, 7) is 0. The number of thiophene rings is 1. The summed E-state index contributed by atoms with van der Waals surface area (Å²) < 4.78 is 5.16. The van der Waals surface area contributed by atoms with E-state index in [1.807, 2.05) is 11.3 Å². The van der Waals surface area contributed by atoms with Crippen LogP contribution in [0.1, 0.15) is 12.5 Å². The first-order valence-electron chi connectivity index (χ1n) is 13.5. The summed E-state index contributed by atoms with van der Waals surface area (Å²) in [6.07, 6.45) is 8.04. The quantitative estimate of drug-likeness (QED) is 0.225. The Morgan fingerprint density at radius 1 is 0.615 bits per heavy atom. The average Bonchev–Trinajstić information content (AvgIpc) is 3.55. The highest BCUT2D eigenvalue weighted by molar-refractivity contribution is 7.26. The molecule has 0 amide bonds. The van der Waals surface area contributed by atoms with Crippen LogP contribution in [-0.2, 0) is 0 Å². The number of hydrogen-bond acceptors (Lipinski definition) is 2. The number of nitrogens with zero attached hydrogens (tertiary/aromatic N) is 2. The van der Waals surface area contributed by atoms with Gasteiger partial charge in [0, 0.05) is 48.7 Å². The molecule has 1 atom stereocenters. The van der Waals surface area contributed by atoms with Gasteiger partial charge in [0.05, 0.1) is 16.4 Å². The van der Waals surface area contributed by atoms with Crippen molar-refractivity contribution in [2.45, 2.75) is 12.5 Å². The van der Waals surface area contributed by atoms with Crippen molar-refractivity contribution in [3.05, 3.63) is 145 Å². The van der Waals surface area contributed by atoms with Gasteiger partial charge in [-0.1, -0.05) is 97.1 Å². The highest BCUT2D eigenvalue weighted by Crippen LogP contribution is 2.44. The molecule has 186 valence electrons. The SMILES string of the molecule is C1=CC(n2c3ccccc3c3ccccc32)CC=C1N(c1ccccc1)c1cccc2c1sc1ccccc12. The van der Waals surface area contributed by atoms with Gasteiger partial charge in [-0.3, -0.25) is 0 Å². The molecule has 7 aromatic rings. The van der Waals surface area contributed by atoms with Crippen LogP contribution in [0.2, 0.25) is 0 Å². The molecule has 1 unspecified atom stereocenters. The standard InChI is InChI=1S/C36H26N2S/c1-2-11-25(12-3-1)37(34-19-10-16-31-30-15-6-9-20-35(30)39-36(31)34)26-21-23-27(24-22-26)38-32-17-7-4-13-28(32)29-14-5-8-18-33(29)38/h1-23,27H,24H2. The molecule has 2 nitrogen and oxygen atoms in total. The minimum Gasteiger partial charge on any atom is -0.333 e. The number of anilines is 2. The van der Waals surface area contributed by atoms with E-state index in [4.69, 9.17) is 0 Å². The van der Waals surface area contributed by atoms with Crippen molar-refractivity contribution in [2.24, 2.45) is 0 Å². The fourth-order valence-electron chi connectivity index (χ4n) is 6.18. The van der Waals surface area contributed by atoms with Gasteiger partial charge in [-0.2, -0.15) is 0 Å². The highest BCUT2D eigenvalue weighted by atomic mass is 32.1. The van der Waals surface area contributed by atoms with Crippen LogP contribution in [0.25, 0.3) is 42.0 Å². The molecule has 0 aliphatic heterocycles. The molecule has 39 heavy (non-hydrogen) atoms. The number of para-hydroxylation sites is 3. The van der Waals surface area contributed by atoms with Gasteiger partial charge >= 0.3 is 0 Å². The molecule has 5 aromatic carbocycles. The molecule has 0 N–H and O–H groups in total. The minimum absolute atomic E-state index is 0.260. The van der Waals surface area contributed by atoms with Gasteiger partial charge in [0.25, 0.3) is 0 Å². The molecule has 0 saturated heterocycles. The highest BCUT2D eigenvalue weighted by Gasteiger charge is 2.22. The van der Waals surface area contributed by atoms with Crippen molar-refractivity contribution < 1.29 is 0 Å². The van der Waals surface area contributed by atoms with Crippen LogP contribution in [0.4, 0.5) is 11.4 Å². The second-order valence-corrected chi connectivity index (χ2v) is 11.2. The molecule has 1 aliphatic carbocycles. The molecule has 0 radical (unpaired) electrons. The lowest BCUT2D eigenvalue weighted by Crippen LogP contribution is -2.18. The first kappa shape index (κ1) is 22.4. The van der Waals surface area contributed by atoms with Crippen molar-refractivity contribution in [3.8, 4) is 0 Å². The Morgan fingerprint density at radius 2 is 1.26 bits per heavy atom. The van der Waals surface area contributed by atoms with E-state index in [1.165, 1.54) is 59.0 Å². The van der Waals surface area contributed by atoms with Crippen LogP contribution in [0.15, 0.2) is 145 Å². The van der Waals surface area contributed by atoms with E-state index < -0.39 is 0 Å². The zero-order chi connectivity index (χ0) is 25.8. The predicted octanol–water partition coefficient (Wildman–Crippen LogP) is 10.4. The molecule has 8 rings (SSSR count). The summed E-state index contributed by atoms with van der Waals surface area (Å²) in [6, 6.07) is 44.0. The lowest BCUT2D eigenvalue weighted by atomic mass is 10.0. The summed E-state index contributed by atoms with van der Waals surface area (Å²) in [5, 5.41) is 5.28. The third-order valence-electron chi connectivity index (χ3n) is 7.90. The number of hydrogen-bond donors (Lipinski definition) is 0. The number of allylic oxidation sites excluding steroid dienone is 3. The Kier molecular flexibility index (Phi) is 5.17. The van der Waals surface area contributed by atoms with Gasteiger partial charge in [-0.15, -0.1) is 11.3 Å². The molecule has 2 heterocycles. The summed E-state index contributed by atoms with van der Waals surface area (Å²) in [7, 11) is 0. The first-order chi connectivity index (χ1) is 19.4. The van der Waals surface area contributed by atoms with Crippen molar-refractivity contribution in [2.75, 3.05) is 4.90 Å². The van der Waals surface area contributed by atoms with Gasteiger partial charge < -0.3 is 9.47 Å². The maximum atomic E-state index is 2.51. The van der Waals surface area contributed by atoms with Crippen molar-refractivity contribution in [1.82, 2.24) is 4.57 Å². The fourth-order valence-corrected chi connectivity index (χ4v) is 7.38. The molecule has 3 heteroatoms. The van der Waals surface area contributed by atoms with Gasteiger partial charge in [-0.05, 0) is 48.9 Å². The van der Waals surface area contributed by atoms with Gasteiger partial charge in [-0.25, -0.2) is 0 Å². The van der Waals surface area contributed by atoms with E-state index in [2.05, 4.69) is 149 Å². The Balaban J connectivity index is 1.26. The average molecular weight is 519 g/mol. The second-order valence-electron chi connectivity index (χ2n) is 10.1. The smallest absolute Gasteiger partial charge is 0.0640 e. The van der Waals surface area contributed by atoms with Gasteiger partial charge in [0.2, 0.25) is 0 Å². The van der Waals surface area contributed by atoms with E-state index in [9.17, 15) is 0 Å². The number of benzene rings is 5. The molecule has 0 bridgehead atoms. The van der Waals surface area contributed by atoms with E-state index in [0.717, 1.165) is 6.42 Å². The largest absolute Gasteiger partial charge is 0.333 e. The lowest BCUT2D eigenvalue weighted by Gasteiger charge is -2.30. The topological polar surface area (TPSA) is 8.17 Å². The number of fused-ring (bicyclic) bond motifs is 6. The monoisotopic (exact) mass is 518 g/mol. The van der Waals surface area contributed by atoms with Crippen LogP contribution < -0.4 is 4.90 Å². The normalized spacial score (nSPS) is 15.4. The van der Waals surface area contributed by atoms with Crippen molar-refractivity contribution >= 4 is 64.7 Å². The number of aromatic nitrogens is 1.